The second kappa shape index (κ2) is 6.09. The predicted octanol–water partition coefficient (Wildman–Crippen LogP) is 1.67. The Bertz CT molecular complexity index is 302. The van der Waals surface area contributed by atoms with Crippen LogP contribution in [0.1, 0.15) is 40.0 Å². The van der Waals surface area contributed by atoms with Gasteiger partial charge in [0.15, 0.2) is 0 Å². The van der Waals surface area contributed by atoms with E-state index in [1.165, 1.54) is 0 Å². The quantitative estimate of drug-likeness (QED) is 0.848. The summed E-state index contributed by atoms with van der Waals surface area (Å²) >= 11 is 0. The molecule has 1 aliphatic heterocycles. The summed E-state index contributed by atoms with van der Waals surface area (Å²) in [5, 5.41) is 0. The Kier molecular flexibility index (Phi) is 5.21. The van der Waals surface area contributed by atoms with Crippen LogP contribution in [-0.4, -0.2) is 60.8 Å². The van der Waals surface area contributed by atoms with Crippen LogP contribution in [0, 0.1) is 0 Å². The lowest BCUT2D eigenvalue weighted by Crippen LogP contribution is -2.55. The smallest absolute Gasteiger partial charge is 0.410 e. The summed E-state index contributed by atoms with van der Waals surface area (Å²) in [6.45, 7) is 7.86. The molecule has 1 saturated heterocycles. The Labute approximate surface area is 117 Å². The number of amides is 1. The van der Waals surface area contributed by atoms with Gasteiger partial charge in [-0.15, -0.1) is 0 Å². The maximum atomic E-state index is 12.0. The fourth-order valence-electron chi connectivity index (χ4n) is 2.62. The van der Waals surface area contributed by atoms with E-state index in [9.17, 15) is 4.79 Å². The van der Waals surface area contributed by atoms with Crippen molar-refractivity contribution in [2.75, 3.05) is 33.7 Å². The number of rotatable bonds is 3. The highest BCUT2D eigenvalue weighted by atomic mass is 16.6. The molecule has 0 unspecified atom stereocenters. The Morgan fingerprint density at radius 2 is 1.84 bits per heavy atom. The summed E-state index contributed by atoms with van der Waals surface area (Å²) in [4.78, 5) is 16.1. The second-order valence-electron chi connectivity index (χ2n) is 6.62. The molecule has 0 bridgehead atoms. The third-order valence-corrected chi connectivity index (χ3v) is 3.90. The molecular formula is C14H29N3O2. The van der Waals surface area contributed by atoms with Gasteiger partial charge in [-0.2, -0.15) is 0 Å². The van der Waals surface area contributed by atoms with Gasteiger partial charge >= 0.3 is 6.09 Å². The fourth-order valence-corrected chi connectivity index (χ4v) is 2.62. The van der Waals surface area contributed by atoms with E-state index in [1.54, 1.807) is 0 Å². The molecule has 0 saturated carbocycles. The first kappa shape index (κ1) is 16.2. The van der Waals surface area contributed by atoms with Crippen LogP contribution in [0.4, 0.5) is 4.79 Å². The van der Waals surface area contributed by atoms with Gasteiger partial charge in [0, 0.05) is 18.6 Å². The topological polar surface area (TPSA) is 58.8 Å². The third kappa shape index (κ3) is 4.35. The van der Waals surface area contributed by atoms with Crippen LogP contribution in [-0.2, 0) is 4.74 Å². The second-order valence-corrected chi connectivity index (χ2v) is 6.62. The lowest BCUT2D eigenvalue weighted by atomic mass is 9.83. The molecule has 1 fully saturated rings. The average Bonchev–Trinajstić information content (AvgIpc) is 2.27. The molecule has 5 nitrogen and oxygen atoms in total. The number of hydrogen-bond acceptors (Lipinski definition) is 4. The highest BCUT2D eigenvalue weighted by Gasteiger charge is 2.37. The van der Waals surface area contributed by atoms with Crippen molar-refractivity contribution in [2.45, 2.75) is 51.2 Å². The maximum Gasteiger partial charge on any atom is 0.410 e. The summed E-state index contributed by atoms with van der Waals surface area (Å²) in [7, 11) is 4.19. The molecule has 112 valence electrons. The van der Waals surface area contributed by atoms with Crippen LogP contribution < -0.4 is 5.73 Å². The van der Waals surface area contributed by atoms with Gasteiger partial charge in [-0.1, -0.05) is 0 Å². The minimum absolute atomic E-state index is 0.132. The van der Waals surface area contributed by atoms with Crippen molar-refractivity contribution in [1.82, 2.24) is 9.80 Å². The molecule has 0 aromatic carbocycles. The first-order valence-electron chi connectivity index (χ1n) is 7.06. The maximum absolute atomic E-state index is 12.0. The number of ether oxygens (including phenoxy) is 1. The normalized spacial score (nSPS) is 19.6. The van der Waals surface area contributed by atoms with Crippen molar-refractivity contribution in [3.05, 3.63) is 0 Å². The van der Waals surface area contributed by atoms with Crippen molar-refractivity contribution < 1.29 is 9.53 Å². The number of hydrogen-bond donors (Lipinski definition) is 1. The number of piperidine rings is 1. The van der Waals surface area contributed by atoms with Gasteiger partial charge in [-0.25, -0.2) is 4.79 Å². The van der Waals surface area contributed by atoms with E-state index in [1.807, 2.05) is 25.7 Å². The van der Waals surface area contributed by atoms with Crippen LogP contribution in [0.2, 0.25) is 0 Å². The highest BCUT2D eigenvalue weighted by molar-refractivity contribution is 5.68. The lowest BCUT2D eigenvalue weighted by molar-refractivity contribution is 0.00199. The van der Waals surface area contributed by atoms with Crippen molar-refractivity contribution in [3.8, 4) is 0 Å². The third-order valence-electron chi connectivity index (χ3n) is 3.90. The Balaban J connectivity index is 2.58. The van der Waals surface area contributed by atoms with Gasteiger partial charge in [-0.05, 0) is 60.7 Å². The molecule has 0 atom stereocenters. The summed E-state index contributed by atoms with van der Waals surface area (Å²) in [5.74, 6) is 0. The van der Waals surface area contributed by atoms with Gasteiger partial charge in [-0.3, -0.25) is 0 Å². The van der Waals surface area contributed by atoms with E-state index in [4.69, 9.17) is 10.5 Å². The molecule has 0 aliphatic carbocycles. The molecule has 1 amide bonds. The van der Waals surface area contributed by atoms with Gasteiger partial charge < -0.3 is 20.3 Å². The van der Waals surface area contributed by atoms with Gasteiger partial charge in [0.1, 0.15) is 5.60 Å². The minimum atomic E-state index is -0.426. The minimum Gasteiger partial charge on any atom is -0.444 e. The molecular weight excluding hydrogens is 242 g/mol. The van der Waals surface area contributed by atoms with Crippen molar-refractivity contribution in [2.24, 2.45) is 5.73 Å². The molecule has 19 heavy (non-hydrogen) atoms. The molecule has 0 aromatic heterocycles. The number of nitrogens with zero attached hydrogens (tertiary/aromatic N) is 2. The van der Waals surface area contributed by atoms with E-state index in [2.05, 4.69) is 19.0 Å². The number of carbonyl (C=O) groups excluding carboxylic acids is 1. The first-order valence-corrected chi connectivity index (χ1v) is 7.06. The van der Waals surface area contributed by atoms with E-state index in [0.717, 1.165) is 32.4 Å². The molecule has 0 aromatic rings. The fraction of sp³-hybridized carbons (Fsp3) is 0.929. The number of carbonyl (C=O) groups is 1. The van der Waals surface area contributed by atoms with Gasteiger partial charge in [0.25, 0.3) is 0 Å². The van der Waals surface area contributed by atoms with E-state index < -0.39 is 5.60 Å². The summed E-state index contributed by atoms with van der Waals surface area (Å²) in [6, 6.07) is 0. The summed E-state index contributed by atoms with van der Waals surface area (Å²) < 4.78 is 5.41. The zero-order chi connectivity index (χ0) is 14.7. The molecule has 0 radical (unpaired) electrons. The van der Waals surface area contributed by atoms with E-state index in [-0.39, 0.29) is 11.6 Å². The Hall–Kier alpha value is -0.810. The van der Waals surface area contributed by atoms with Crippen LogP contribution in [0.25, 0.3) is 0 Å². The highest BCUT2D eigenvalue weighted by Crippen LogP contribution is 2.30. The standard InChI is InChI=1S/C14H29N3O2/c1-13(2,3)19-12(18)17-10-7-14(6-9-15,8-11-17)16(4)5/h6-11,15H2,1-5H3. The Morgan fingerprint density at radius 3 is 2.21 bits per heavy atom. The number of likely N-dealkylation sites (tertiary alicyclic amines) is 1. The molecule has 1 aliphatic rings. The lowest BCUT2D eigenvalue weighted by Gasteiger charge is -2.46. The zero-order valence-electron chi connectivity index (χ0n) is 13.0. The molecule has 1 heterocycles. The van der Waals surface area contributed by atoms with E-state index in [0.29, 0.717) is 6.54 Å². The van der Waals surface area contributed by atoms with Crippen LogP contribution in [0.15, 0.2) is 0 Å². The van der Waals surface area contributed by atoms with Crippen LogP contribution in [0.5, 0.6) is 0 Å². The van der Waals surface area contributed by atoms with Crippen LogP contribution in [0.3, 0.4) is 0 Å². The van der Waals surface area contributed by atoms with Gasteiger partial charge in [0.05, 0.1) is 0 Å². The van der Waals surface area contributed by atoms with Gasteiger partial charge in [0.2, 0.25) is 0 Å². The monoisotopic (exact) mass is 271 g/mol. The predicted molar refractivity (Wildman–Crippen MR) is 77.1 cm³/mol. The zero-order valence-corrected chi connectivity index (χ0v) is 13.0. The summed E-state index contributed by atoms with van der Waals surface area (Å²) in [6.07, 6.45) is 2.68. The molecule has 1 rings (SSSR count). The molecule has 2 N–H and O–H groups in total. The first-order chi connectivity index (χ1) is 8.70. The van der Waals surface area contributed by atoms with Crippen molar-refractivity contribution in [1.29, 1.82) is 0 Å². The SMILES string of the molecule is CN(C)C1(CCN)CCN(C(=O)OC(C)(C)C)CC1. The Morgan fingerprint density at radius 1 is 1.32 bits per heavy atom. The summed E-state index contributed by atoms with van der Waals surface area (Å²) in [5.41, 5.74) is 5.43. The van der Waals surface area contributed by atoms with Crippen molar-refractivity contribution in [3.63, 3.8) is 0 Å². The van der Waals surface area contributed by atoms with Crippen LogP contribution >= 0.6 is 0 Å². The average molecular weight is 271 g/mol. The number of nitrogens with two attached hydrogens (primary N) is 1. The van der Waals surface area contributed by atoms with E-state index >= 15 is 0 Å². The molecule has 5 heteroatoms. The largest absolute Gasteiger partial charge is 0.444 e. The van der Waals surface area contributed by atoms with Crippen molar-refractivity contribution >= 4 is 6.09 Å². The molecule has 0 spiro atoms.